The highest BCUT2D eigenvalue weighted by atomic mass is 15.3. The second kappa shape index (κ2) is 5.91. The van der Waals surface area contributed by atoms with E-state index in [-0.39, 0.29) is 0 Å². The highest BCUT2D eigenvalue weighted by Crippen LogP contribution is 2.15. The van der Waals surface area contributed by atoms with E-state index in [1.165, 1.54) is 11.4 Å². The van der Waals surface area contributed by atoms with Crippen molar-refractivity contribution in [3.63, 3.8) is 0 Å². The molecule has 1 aromatic rings. The highest BCUT2D eigenvalue weighted by molar-refractivity contribution is 5.11. The lowest BCUT2D eigenvalue weighted by molar-refractivity contribution is 0.436. The monoisotopic (exact) mass is 209 g/mol. The first-order valence-corrected chi connectivity index (χ1v) is 5.94. The van der Waals surface area contributed by atoms with E-state index < -0.39 is 0 Å². The highest BCUT2D eigenvalue weighted by Gasteiger charge is 2.10. The van der Waals surface area contributed by atoms with Crippen LogP contribution in [0.25, 0.3) is 0 Å². The molecule has 1 heterocycles. The predicted molar refractivity (Wildman–Crippen MR) is 64.2 cm³/mol. The molecule has 1 N–H and O–H groups in total. The Hall–Kier alpha value is -0.830. The predicted octanol–water partition coefficient (Wildman–Crippen LogP) is 2.18. The fourth-order valence-corrected chi connectivity index (χ4v) is 1.78. The van der Waals surface area contributed by atoms with Gasteiger partial charge in [0, 0.05) is 5.69 Å². The minimum absolute atomic E-state index is 0.493. The van der Waals surface area contributed by atoms with Crippen molar-refractivity contribution in [2.75, 3.05) is 13.6 Å². The van der Waals surface area contributed by atoms with E-state index in [1.807, 2.05) is 7.05 Å². The third kappa shape index (κ3) is 3.06. The summed E-state index contributed by atoms with van der Waals surface area (Å²) in [4.78, 5) is 0. The van der Waals surface area contributed by atoms with Gasteiger partial charge in [-0.15, -0.1) is 0 Å². The third-order valence-electron chi connectivity index (χ3n) is 2.82. The first kappa shape index (κ1) is 12.2. The molecule has 0 aliphatic carbocycles. The molecular weight excluding hydrogens is 186 g/mol. The molecule has 1 aromatic heterocycles. The van der Waals surface area contributed by atoms with E-state index in [0.717, 1.165) is 25.8 Å². The minimum atomic E-state index is 0.493. The van der Waals surface area contributed by atoms with Crippen LogP contribution >= 0.6 is 0 Å². The van der Waals surface area contributed by atoms with E-state index in [9.17, 15) is 0 Å². The van der Waals surface area contributed by atoms with E-state index in [1.54, 1.807) is 0 Å². The number of hydrogen-bond acceptors (Lipinski definition) is 2. The van der Waals surface area contributed by atoms with Crippen molar-refractivity contribution in [3.8, 4) is 0 Å². The van der Waals surface area contributed by atoms with Crippen molar-refractivity contribution in [2.24, 2.45) is 0 Å². The van der Waals surface area contributed by atoms with Gasteiger partial charge in [0.2, 0.25) is 0 Å². The average Bonchev–Trinajstić information content (AvgIpc) is 2.69. The molecule has 86 valence electrons. The molecular formula is C12H23N3. The standard InChI is InChI=1S/C12H23N3/c1-5-11-9-12(6-2)15(14-11)10(3)7-8-13-4/h9-10,13H,5-8H2,1-4H3. The Balaban J connectivity index is 2.76. The summed E-state index contributed by atoms with van der Waals surface area (Å²) in [7, 11) is 1.99. The molecule has 0 saturated carbocycles. The topological polar surface area (TPSA) is 29.9 Å². The third-order valence-corrected chi connectivity index (χ3v) is 2.82. The normalized spacial score (nSPS) is 13.1. The van der Waals surface area contributed by atoms with Crippen LogP contribution < -0.4 is 5.32 Å². The van der Waals surface area contributed by atoms with Crippen molar-refractivity contribution >= 4 is 0 Å². The van der Waals surface area contributed by atoms with Gasteiger partial charge in [-0.05, 0) is 45.8 Å². The van der Waals surface area contributed by atoms with E-state index in [2.05, 4.69) is 41.9 Å². The molecule has 0 radical (unpaired) electrons. The number of nitrogens with zero attached hydrogens (tertiary/aromatic N) is 2. The Kier molecular flexibility index (Phi) is 4.82. The molecule has 3 nitrogen and oxygen atoms in total. The van der Waals surface area contributed by atoms with Gasteiger partial charge in [-0.2, -0.15) is 5.10 Å². The lowest BCUT2D eigenvalue weighted by atomic mass is 10.2. The number of aromatic nitrogens is 2. The zero-order valence-electron chi connectivity index (χ0n) is 10.4. The molecule has 0 fully saturated rings. The van der Waals surface area contributed by atoms with Crippen LogP contribution in [0.2, 0.25) is 0 Å². The van der Waals surface area contributed by atoms with Crippen LogP contribution in [0.1, 0.15) is 44.6 Å². The fraction of sp³-hybridized carbons (Fsp3) is 0.750. The van der Waals surface area contributed by atoms with Crippen LogP contribution in [-0.2, 0) is 12.8 Å². The van der Waals surface area contributed by atoms with Gasteiger partial charge in [-0.1, -0.05) is 13.8 Å². The number of hydrogen-bond donors (Lipinski definition) is 1. The van der Waals surface area contributed by atoms with Crippen molar-refractivity contribution in [1.29, 1.82) is 0 Å². The fourth-order valence-electron chi connectivity index (χ4n) is 1.78. The summed E-state index contributed by atoms with van der Waals surface area (Å²) in [6.07, 6.45) is 3.23. The molecule has 1 rings (SSSR count). The number of nitrogens with one attached hydrogen (secondary N) is 1. The maximum atomic E-state index is 4.64. The van der Waals surface area contributed by atoms with Gasteiger partial charge >= 0.3 is 0 Å². The van der Waals surface area contributed by atoms with Gasteiger partial charge in [0.25, 0.3) is 0 Å². The second-order valence-corrected chi connectivity index (χ2v) is 4.02. The van der Waals surface area contributed by atoms with Gasteiger partial charge in [-0.3, -0.25) is 4.68 Å². The molecule has 1 unspecified atom stereocenters. The SMILES string of the molecule is CCc1cc(CC)n(C(C)CCNC)n1. The second-order valence-electron chi connectivity index (χ2n) is 4.02. The summed E-state index contributed by atoms with van der Waals surface area (Å²) in [6, 6.07) is 2.73. The summed E-state index contributed by atoms with van der Waals surface area (Å²) >= 11 is 0. The Morgan fingerprint density at radius 3 is 2.67 bits per heavy atom. The van der Waals surface area contributed by atoms with Crippen molar-refractivity contribution < 1.29 is 0 Å². The average molecular weight is 209 g/mol. The molecule has 0 saturated heterocycles. The van der Waals surface area contributed by atoms with Gasteiger partial charge < -0.3 is 5.32 Å². The number of rotatable bonds is 6. The molecule has 0 bridgehead atoms. The summed E-state index contributed by atoms with van der Waals surface area (Å²) in [5.74, 6) is 0. The molecule has 0 spiro atoms. The van der Waals surface area contributed by atoms with E-state index in [0.29, 0.717) is 6.04 Å². The van der Waals surface area contributed by atoms with Crippen molar-refractivity contribution in [3.05, 3.63) is 17.5 Å². The Morgan fingerprint density at radius 2 is 2.13 bits per heavy atom. The van der Waals surface area contributed by atoms with E-state index in [4.69, 9.17) is 0 Å². The summed E-state index contributed by atoms with van der Waals surface area (Å²) < 4.78 is 2.19. The molecule has 0 aliphatic heterocycles. The largest absolute Gasteiger partial charge is 0.320 e. The van der Waals surface area contributed by atoms with Crippen LogP contribution in [0.4, 0.5) is 0 Å². The van der Waals surface area contributed by atoms with Crippen molar-refractivity contribution in [1.82, 2.24) is 15.1 Å². The van der Waals surface area contributed by atoms with Crippen molar-refractivity contribution in [2.45, 2.75) is 46.1 Å². The zero-order valence-corrected chi connectivity index (χ0v) is 10.4. The molecule has 0 amide bonds. The lowest BCUT2D eigenvalue weighted by Crippen LogP contribution is -2.17. The molecule has 15 heavy (non-hydrogen) atoms. The summed E-state index contributed by atoms with van der Waals surface area (Å²) in [5.41, 5.74) is 2.57. The first-order chi connectivity index (χ1) is 7.22. The van der Waals surface area contributed by atoms with Crippen LogP contribution in [0.15, 0.2) is 6.07 Å². The maximum Gasteiger partial charge on any atom is 0.0624 e. The smallest absolute Gasteiger partial charge is 0.0624 e. The van der Waals surface area contributed by atoms with Gasteiger partial charge in [0.05, 0.1) is 11.7 Å². The van der Waals surface area contributed by atoms with Crippen LogP contribution in [0, 0.1) is 0 Å². The Morgan fingerprint density at radius 1 is 1.40 bits per heavy atom. The maximum absolute atomic E-state index is 4.64. The quantitative estimate of drug-likeness (QED) is 0.778. The van der Waals surface area contributed by atoms with Crippen LogP contribution in [-0.4, -0.2) is 23.4 Å². The number of aryl methyl sites for hydroxylation is 2. The molecule has 1 atom stereocenters. The van der Waals surface area contributed by atoms with E-state index >= 15 is 0 Å². The first-order valence-electron chi connectivity index (χ1n) is 5.94. The Labute approximate surface area is 92.9 Å². The zero-order chi connectivity index (χ0) is 11.3. The van der Waals surface area contributed by atoms with Gasteiger partial charge in [0.1, 0.15) is 0 Å². The van der Waals surface area contributed by atoms with Gasteiger partial charge in [-0.25, -0.2) is 0 Å². The Bertz CT molecular complexity index is 291. The summed E-state index contributed by atoms with van der Waals surface area (Å²) in [5, 5.41) is 7.83. The minimum Gasteiger partial charge on any atom is -0.320 e. The van der Waals surface area contributed by atoms with Crippen LogP contribution in [0.5, 0.6) is 0 Å². The molecule has 3 heteroatoms. The lowest BCUT2D eigenvalue weighted by Gasteiger charge is -2.14. The molecule has 0 aliphatic rings. The summed E-state index contributed by atoms with van der Waals surface area (Å²) in [6.45, 7) is 7.64. The van der Waals surface area contributed by atoms with Crippen LogP contribution in [0.3, 0.4) is 0 Å². The van der Waals surface area contributed by atoms with Gasteiger partial charge in [0.15, 0.2) is 0 Å². The molecule has 0 aromatic carbocycles.